The van der Waals surface area contributed by atoms with Crippen molar-refractivity contribution >= 4 is 55.8 Å². The first-order chi connectivity index (χ1) is 20.9. The van der Waals surface area contributed by atoms with Crippen molar-refractivity contribution in [2.45, 2.75) is 33.5 Å². The van der Waals surface area contributed by atoms with Crippen LogP contribution in [0, 0.1) is 0 Å². The van der Waals surface area contributed by atoms with E-state index in [4.69, 9.17) is 18.9 Å². The number of carbonyl (C=O) groups is 4. The van der Waals surface area contributed by atoms with E-state index < -0.39 is 11.9 Å². The molecule has 2 aromatic carbocycles. The first-order valence-corrected chi connectivity index (χ1v) is 15.5. The van der Waals surface area contributed by atoms with Gasteiger partial charge in [-0.05, 0) is 44.5 Å². The van der Waals surface area contributed by atoms with Gasteiger partial charge < -0.3 is 29.6 Å². The minimum Gasteiger partial charge on any atom is -0.488 e. The predicted octanol–water partition coefficient (Wildman–Crippen LogP) is 5.34. The number of hydrogen-bond donors (Lipinski definition) is 2. The van der Waals surface area contributed by atoms with Crippen molar-refractivity contribution in [1.29, 1.82) is 0 Å². The maximum absolute atomic E-state index is 13.1. The summed E-state index contributed by atoms with van der Waals surface area (Å²) in [6, 6.07) is 13.6. The zero-order valence-corrected chi connectivity index (χ0v) is 25.3. The van der Waals surface area contributed by atoms with Crippen LogP contribution in [0.15, 0.2) is 48.5 Å². The molecule has 0 fully saturated rings. The van der Waals surface area contributed by atoms with Gasteiger partial charge in [-0.25, -0.2) is 9.59 Å². The fourth-order valence-electron chi connectivity index (χ4n) is 4.63. The number of nitrogens with one attached hydrogen (secondary N) is 2. The monoisotopic (exact) mass is 622 g/mol. The second-order valence-electron chi connectivity index (χ2n) is 9.36. The van der Waals surface area contributed by atoms with Crippen molar-refractivity contribution in [2.75, 3.05) is 26.3 Å². The maximum atomic E-state index is 13.1. The Balaban J connectivity index is 1.66. The highest BCUT2D eigenvalue weighted by Crippen LogP contribution is 2.43. The molecule has 5 rings (SSSR count). The van der Waals surface area contributed by atoms with Crippen LogP contribution in [-0.4, -0.2) is 50.1 Å². The van der Waals surface area contributed by atoms with E-state index in [1.165, 1.54) is 22.7 Å². The number of para-hydroxylation sites is 2. The number of thiophene rings is 2. The third-order valence-electron chi connectivity index (χ3n) is 6.60. The van der Waals surface area contributed by atoms with Crippen molar-refractivity contribution in [3.05, 3.63) is 80.5 Å². The third-order valence-corrected chi connectivity index (χ3v) is 9.11. The largest absolute Gasteiger partial charge is 0.488 e. The number of benzene rings is 2. The fourth-order valence-corrected chi connectivity index (χ4v) is 7.22. The predicted molar refractivity (Wildman–Crippen MR) is 162 cm³/mol. The Bertz CT molecular complexity index is 1560. The summed E-state index contributed by atoms with van der Waals surface area (Å²) in [5.74, 6) is -1.04. The summed E-state index contributed by atoms with van der Waals surface area (Å²) in [7, 11) is 0. The zero-order chi connectivity index (χ0) is 30.3. The Morgan fingerprint density at radius 1 is 0.744 bits per heavy atom. The summed E-state index contributed by atoms with van der Waals surface area (Å²) < 4.78 is 23.8. The molecule has 2 amide bonds. The molecule has 3 heterocycles. The van der Waals surface area contributed by atoms with E-state index in [0.29, 0.717) is 72.4 Å². The summed E-state index contributed by atoms with van der Waals surface area (Å²) in [6.45, 7) is 4.30. The number of carbonyl (C=O) groups excluding carboxylic acids is 4. The molecule has 0 saturated carbocycles. The van der Waals surface area contributed by atoms with E-state index >= 15 is 0 Å². The number of rotatable bonds is 4. The SMILES string of the molecule is CCOC(=O)c1sc2sc(C(=O)OCC)c3c2c1COc1ccccc1C(=O)NCCCNC(=O)c1ccccc1OC3. The second kappa shape index (κ2) is 13.7. The van der Waals surface area contributed by atoms with Gasteiger partial charge in [-0.15, -0.1) is 22.7 Å². The first kappa shape index (κ1) is 30.1. The van der Waals surface area contributed by atoms with E-state index in [-0.39, 0.29) is 38.2 Å². The molecule has 0 aliphatic carbocycles. The molecule has 0 spiro atoms. The van der Waals surface area contributed by atoms with Gasteiger partial charge in [-0.3, -0.25) is 9.59 Å². The minimum atomic E-state index is -0.519. The van der Waals surface area contributed by atoms with Crippen LogP contribution in [0.5, 0.6) is 11.5 Å². The van der Waals surface area contributed by atoms with E-state index in [1.807, 2.05) is 0 Å². The van der Waals surface area contributed by atoms with Gasteiger partial charge in [-0.2, -0.15) is 0 Å². The van der Waals surface area contributed by atoms with Crippen LogP contribution in [0.4, 0.5) is 0 Å². The molecule has 10 nitrogen and oxygen atoms in total. The molecule has 1 aliphatic rings. The molecule has 0 radical (unpaired) electrons. The van der Waals surface area contributed by atoms with Crippen molar-refractivity contribution in [1.82, 2.24) is 10.6 Å². The molecular formula is C31H30N2O8S2. The standard InChI is InChI=1S/C31H30N2O8S2/c1-3-38-29(36)25-20-16-40-22-12-7-5-10-18(22)27(34)32-14-9-15-33-28(35)19-11-6-8-13-23(19)41-17-21-24(20)31(42-25)43-26(21)30(37)39-4-2/h5-8,10-13H,3-4,9,14-17H2,1-2H3,(H,32,34)(H,33,35). The molecule has 43 heavy (non-hydrogen) atoms. The lowest BCUT2D eigenvalue weighted by atomic mass is 10.1. The smallest absolute Gasteiger partial charge is 0.348 e. The van der Waals surface area contributed by atoms with Gasteiger partial charge in [0.2, 0.25) is 0 Å². The van der Waals surface area contributed by atoms with Crippen LogP contribution < -0.4 is 20.1 Å². The minimum absolute atomic E-state index is 0.0799. The summed E-state index contributed by atoms with van der Waals surface area (Å²) in [5.41, 5.74) is 1.66. The molecule has 1 aliphatic heterocycles. The summed E-state index contributed by atoms with van der Waals surface area (Å²) in [6.07, 6.45) is 0.500. The van der Waals surface area contributed by atoms with Crippen molar-refractivity contribution in [3.8, 4) is 11.5 Å². The van der Waals surface area contributed by atoms with Crippen LogP contribution >= 0.6 is 22.7 Å². The van der Waals surface area contributed by atoms with Gasteiger partial charge in [0.05, 0.1) is 28.4 Å². The van der Waals surface area contributed by atoms with E-state index in [9.17, 15) is 19.2 Å². The van der Waals surface area contributed by atoms with Crippen molar-refractivity contribution in [3.63, 3.8) is 0 Å². The quantitative estimate of drug-likeness (QED) is 0.292. The molecule has 224 valence electrons. The molecule has 0 unspecified atom stereocenters. The van der Waals surface area contributed by atoms with Crippen LogP contribution in [0.3, 0.4) is 0 Å². The lowest BCUT2D eigenvalue weighted by Crippen LogP contribution is -2.30. The highest BCUT2D eigenvalue weighted by Gasteiger charge is 2.29. The maximum Gasteiger partial charge on any atom is 0.348 e. The Morgan fingerprint density at radius 2 is 1.19 bits per heavy atom. The Kier molecular flexibility index (Phi) is 9.58. The Labute approximate surface area is 255 Å². The van der Waals surface area contributed by atoms with Gasteiger partial charge in [-0.1, -0.05) is 24.3 Å². The first-order valence-electron chi connectivity index (χ1n) is 13.8. The number of hydrogen-bond acceptors (Lipinski definition) is 10. The summed E-state index contributed by atoms with van der Waals surface area (Å²) in [4.78, 5) is 52.9. The average Bonchev–Trinajstić information content (AvgIpc) is 3.55. The molecule has 0 bridgehead atoms. The van der Waals surface area contributed by atoms with Gasteiger partial charge in [0.1, 0.15) is 34.5 Å². The van der Waals surface area contributed by atoms with Crippen LogP contribution in [-0.2, 0) is 22.7 Å². The molecule has 0 atom stereocenters. The average molecular weight is 623 g/mol. The van der Waals surface area contributed by atoms with Gasteiger partial charge >= 0.3 is 11.9 Å². The summed E-state index contributed by atoms with van der Waals surface area (Å²) >= 11 is 2.39. The van der Waals surface area contributed by atoms with Crippen LogP contribution in [0.1, 0.15) is 71.5 Å². The molecule has 0 saturated heterocycles. The number of amides is 2. The van der Waals surface area contributed by atoms with E-state index in [1.54, 1.807) is 62.4 Å². The topological polar surface area (TPSA) is 129 Å². The number of ether oxygens (including phenoxy) is 4. The number of fused-ring (bicyclic) bond motifs is 2. The van der Waals surface area contributed by atoms with E-state index in [0.717, 1.165) is 0 Å². The lowest BCUT2D eigenvalue weighted by Gasteiger charge is -2.15. The summed E-state index contributed by atoms with van der Waals surface area (Å²) in [5, 5.41) is 6.35. The Hall–Kier alpha value is -4.42. The second-order valence-corrected chi connectivity index (χ2v) is 11.7. The van der Waals surface area contributed by atoms with Gasteiger partial charge in [0.25, 0.3) is 11.8 Å². The normalized spacial score (nSPS) is 14.1. The van der Waals surface area contributed by atoms with Gasteiger partial charge in [0.15, 0.2) is 0 Å². The van der Waals surface area contributed by atoms with Crippen molar-refractivity contribution in [2.24, 2.45) is 0 Å². The fraction of sp³-hybridized carbons (Fsp3) is 0.290. The Morgan fingerprint density at radius 3 is 1.63 bits per heavy atom. The van der Waals surface area contributed by atoms with Crippen LogP contribution in [0.2, 0.25) is 0 Å². The highest BCUT2D eigenvalue weighted by atomic mass is 32.2. The number of esters is 2. The molecule has 12 heteroatoms. The molecule has 2 aromatic heterocycles. The van der Waals surface area contributed by atoms with Gasteiger partial charge in [0, 0.05) is 29.6 Å². The van der Waals surface area contributed by atoms with Crippen LogP contribution in [0.25, 0.3) is 9.40 Å². The molecular weight excluding hydrogens is 592 g/mol. The van der Waals surface area contributed by atoms with Crippen molar-refractivity contribution < 1.29 is 38.1 Å². The molecule has 2 N–H and O–H groups in total. The molecule has 4 aromatic rings. The highest BCUT2D eigenvalue weighted by molar-refractivity contribution is 7.40. The zero-order valence-electron chi connectivity index (χ0n) is 23.7. The third kappa shape index (κ3) is 6.50. The van der Waals surface area contributed by atoms with E-state index in [2.05, 4.69) is 10.6 Å². The lowest BCUT2D eigenvalue weighted by molar-refractivity contribution is 0.0520.